The molecule has 106 valence electrons. The minimum absolute atomic E-state index is 0.132. The van der Waals surface area contributed by atoms with Gasteiger partial charge < -0.3 is 19.7 Å². The number of carbonyl (C=O) groups excluding carboxylic acids is 1. The topological polar surface area (TPSA) is 50.8 Å². The lowest BCUT2D eigenvalue weighted by molar-refractivity contribution is -0.0974. The van der Waals surface area contributed by atoms with Gasteiger partial charge >= 0.3 is 0 Å². The van der Waals surface area contributed by atoms with Crippen molar-refractivity contribution in [2.24, 2.45) is 0 Å². The van der Waals surface area contributed by atoms with E-state index in [-0.39, 0.29) is 5.91 Å². The van der Waals surface area contributed by atoms with E-state index in [0.29, 0.717) is 12.1 Å². The number of anilines is 1. The minimum Gasteiger partial charge on any atom is -0.377 e. The van der Waals surface area contributed by atoms with Gasteiger partial charge in [-0.05, 0) is 30.7 Å². The van der Waals surface area contributed by atoms with E-state index >= 15 is 0 Å². The van der Waals surface area contributed by atoms with Gasteiger partial charge in [0.25, 0.3) is 5.91 Å². The summed E-state index contributed by atoms with van der Waals surface area (Å²) in [6, 6.07) is 5.62. The Labute approximate surface area is 114 Å². The van der Waals surface area contributed by atoms with E-state index in [0.717, 1.165) is 11.3 Å². The van der Waals surface area contributed by atoms with Gasteiger partial charge in [-0.1, -0.05) is 0 Å². The summed E-state index contributed by atoms with van der Waals surface area (Å²) in [5.41, 5.74) is 2.80. The lowest BCUT2D eigenvalue weighted by atomic mass is 10.1. The standard InChI is InChI=1S/C14H22N2O3/c1-10-8-11(6-7-12(10)16(2)3)14(17)15-9-13(18-4)19-5/h6-8,13H,9H2,1-5H3,(H,15,17). The molecule has 1 rings (SSSR count). The van der Waals surface area contributed by atoms with Crippen molar-refractivity contribution in [3.05, 3.63) is 29.3 Å². The van der Waals surface area contributed by atoms with Crippen molar-refractivity contribution in [1.82, 2.24) is 5.32 Å². The normalized spacial score (nSPS) is 10.6. The first-order valence-electron chi connectivity index (χ1n) is 6.11. The largest absolute Gasteiger partial charge is 0.377 e. The summed E-state index contributed by atoms with van der Waals surface area (Å²) in [7, 11) is 7.03. The molecule has 0 saturated heterocycles. The lowest BCUT2D eigenvalue weighted by Crippen LogP contribution is -2.34. The second-order valence-corrected chi connectivity index (χ2v) is 4.51. The maximum Gasteiger partial charge on any atom is 0.251 e. The third-order valence-corrected chi connectivity index (χ3v) is 2.90. The van der Waals surface area contributed by atoms with E-state index in [9.17, 15) is 4.79 Å². The summed E-state index contributed by atoms with van der Waals surface area (Å²) in [5.74, 6) is -0.132. The van der Waals surface area contributed by atoms with Crippen LogP contribution in [0.1, 0.15) is 15.9 Å². The predicted octanol–water partition coefficient (Wildman–Crippen LogP) is 1.41. The van der Waals surface area contributed by atoms with Gasteiger partial charge in [0.05, 0.1) is 6.54 Å². The summed E-state index contributed by atoms with van der Waals surface area (Å²) in [6.45, 7) is 2.31. The van der Waals surface area contributed by atoms with E-state index in [1.54, 1.807) is 0 Å². The Morgan fingerprint density at radius 2 is 1.95 bits per heavy atom. The van der Waals surface area contributed by atoms with Crippen LogP contribution in [-0.4, -0.2) is 47.1 Å². The van der Waals surface area contributed by atoms with E-state index in [4.69, 9.17) is 9.47 Å². The fraction of sp³-hybridized carbons (Fsp3) is 0.500. The number of nitrogens with zero attached hydrogens (tertiary/aromatic N) is 1. The molecule has 0 saturated carbocycles. The van der Waals surface area contributed by atoms with Crippen LogP contribution in [0.3, 0.4) is 0 Å². The molecule has 0 aromatic heterocycles. The van der Waals surface area contributed by atoms with E-state index in [2.05, 4.69) is 5.32 Å². The van der Waals surface area contributed by atoms with Crippen LogP contribution in [0.4, 0.5) is 5.69 Å². The van der Waals surface area contributed by atoms with Crippen molar-refractivity contribution < 1.29 is 14.3 Å². The highest BCUT2D eigenvalue weighted by Crippen LogP contribution is 2.18. The molecule has 0 radical (unpaired) electrons. The number of carbonyl (C=O) groups is 1. The highest BCUT2D eigenvalue weighted by atomic mass is 16.7. The number of ether oxygens (including phenoxy) is 2. The first-order valence-corrected chi connectivity index (χ1v) is 6.11. The molecule has 0 heterocycles. The Morgan fingerprint density at radius 3 is 2.42 bits per heavy atom. The van der Waals surface area contributed by atoms with Crippen molar-refractivity contribution in [2.45, 2.75) is 13.2 Å². The van der Waals surface area contributed by atoms with Crippen molar-refractivity contribution in [2.75, 3.05) is 39.8 Å². The van der Waals surface area contributed by atoms with Gasteiger partial charge in [-0.3, -0.25) is 4.79 Å². The van der Waals surface area contributed by atoms with Crippen molar-refractivity contribution >= 4 is 11.6 Å². The second kappa shape index (κ2) is 7.11. The number of hydrogen-bond acceptors (Lipinski definition) is 4. The average molecular weight is 266 g/mol. The molecule has 0 aliphatic rings. The van der Waals surface area contributed by atoms with Crippen LogP contribution in [0, 0.1) is 6.92 Å². The van der Waals surface area contributed by atoms with Gasteiger partial charge in [0, 0.05) is 39.6 Å². The lowest BCUT2D eigenvalue weighted by Gasteiger charge is -2.17. The second-order valence-electron chi connectivity index (χ2n) is 4.51. The third-order valence-electron chi connectivity index (χ3n) is 2.90. The van der Waals surface area contributed by atoms with Crippen LogP contribution in [0.5, 0.6) is 0 Å². The smallest absolute Gasteiger partial charge is 0.251 e. The number of aryl methyl sites for hydroxylation is 1. The van der Waals surface area contributed by atoms with Crippen LogP contribution in [0.25, 0.3) is 0 Å². The Kier molecular flexibility index (Phi) is 5.79. The molecule has 5 heteroatoms. The van der Waals surface area contributed by atoms with Crippen LogP contribution < -0.4 is 10.2 Å². The number of amides is 1. The van der Waals surface area contributed by atoms with Crippen molar-refractivity contribution in [3.63, 3.8) is 0 Å². The molecule has 0 atom stereocenters. The van der Waals surface area contributed by atoms with Crippen molar-refractivity contribution in [1.29, 1.82) is 0 Å². The Balaban J connectivity index is 2.70. The summed E-state index contributed by atoms with van der Waals surface area (Å²) in [4.78, 5) is 14.0. The maximum absolute atomic E-state index is 12.0. The average Bonchev–Trinajstić information content (AvgIpc) is 2.39. The molecule has 5 nitrogen and oxygen atoms in total. The fourth-order valence-electron chi connectivity index (χ4n) is 1.84. The highest BCUT2D eigenvalue weighted by Gasteiger charge is 2.11. The number of methoxy groups -OCH3 is 2. The fourth-order valence-corrected chi connectivity index (χ4v) is 1.84. The maximum atomic E-state index is 12.0. The van der Waals surface area contributed by atoms with Crippen LogP contribution in [-0.2, 0) is 9.47 Å². The van der Waals surface area contributed by atoms with E-state index < -0.39 is 6.29 Å². The zero-order valence-corrected chi connectivity index (χ0v) is 12.2. The molecule has 0 unspecified atom stereocenters. The number of rotatable bonds is 6. The molecule has 1 N–H and O–H groups in total. The van der Waals surface area contributed by atoms with Gasteiger partial charge in [-0.15, -0.1) is 0 Å². The molecule has 0 fully saturated rings. The van der Waals surface area contributed by atoms with Crippen LogP contribution in [0.2, 0.25) is 0 Å². The molecule has 19 heavy (non-hydrogen) atoms. The minimum atomic E-state index is -0.425. The summed E-state index contributed by atoms with van der Waals surface area (Å²) in [6.07, 6.45) is -0.425. The van der Waals surface area contributed by atoms with E-state index in [1.807, 2.05) is 44.1 Å². The molecule has 1 amide bonds. The zero-order valence-electron chi connectivity index (χ0n) is 12.2. The summed E-state index contributed by atoms with van der Waals surface area (Å²) < 4.78 is 10.0. The molecule has 1 aromatic rings. The molecule has 0 bridgehead atoms. The zero-order chi connectivity index (χ0) is 14.4. The van der Waals surface area contributed by atoms with Gasteiger partial charge in [-0.2, -0.15) is 0 Å². The van der Waals surface area contributed by atoms with E-state index in [1.165, 1.54) is 14.2 Å². The molecule has 1 aromatic carbocycles. The Bertz CT molecular complexity index is 429. The Morgan fingerprint density at radius 1 is 1.32 bits per heavy atom. The van der Waals surface area contributed by atoms with Crippen LogP contribution in [0.15, 0.2) is 18.2 Å². The number of hydrogen-bond donors (Lipinski definition) is 1. The number of nitrogens with one attached hydrogen (secondary N) is 1. The van der Waals surface area contributed by atoms with Gasteiger partial charge in [0.2, 0.25) is 0 Å². The molecule has 0 aliphatic carbocycles. The summed E-state index contributed by atoms with van der Waals surface area (Å²) >= 11 is 0. The van der Waals surface area contributed by atoms with Gasteiger partial charge in [0.1, 0.15) is 0 Å². The monoisotopic (exact) mass is 266 g/mol. The molecule has 0 aliphatic heterocycles. The van der Waals surface area contributed by atoms with Crippen molar-refractivity contribution in [3.8, 4) is 0 Å². The van der Waals surface area contributed by atoms with Gasteiger partial charge in [0.15, 0.2) is 6.29 Å². The van der Waals surface area contributed by atoms with Gasteiger partial charge in [-0.25, -0.2) is 0 Å². The SMILES string of the molecule is COC(CNC(=O)c1ccc(N(C)C)c(C)c1)OC. The molecular formula is C14H22N2O3. The quantitative estimate of drug-likeness (QED) is 0.791. The molecular weight excluding hydrogens is 244 g/mol. The summed E-state index contributed by atoms with van der Waals surface area (Å²) in [5, 5.41) is 2.77. The Hall–Kier alpha value is -1.59. The number of benzene rings is 1. The first-order chi connectivity index (χ1) is 8.99. The third kappa shape index (κ3) is 4.22. The molecule has 0 spiro atoms. The highest BCUT2D eigenvalue weighted by molar-refractivity contribution is 5.94. The first kappa shape index (κ1) is 15.5. The van der Waals surface area contributed by atoms with Crippen LogP contribution >= 0.6 is 0 Å². The predicted molar refractivity (Wildman–Crippen MR) is 75.6 cm³/mol.